The highest BCUT2D eigenvalue weighted by Crippen LogP contribution is 2.49. The van der Waals surface area contributed by atoms with Crippen molar-refractivity contribution in [2.75, 3.05) is 46.2 Å². The average molecular weight is 1680 g/mol. The zero-order chi connectivity index (χ0) is 83.6. The fourth-order valence-electron chi connectivity index (χ4n) is 14.4. The Labute approximate surface area is 665 Å². The molecule has 0 aromatic heterocycles. The van der Waals surface area contributed by atoms with Crippen LogP contribution in [0.2, 0.25) is 0 Å². The topological polar surface area (TPSA) is 605 Å². The van der Waals surface area contributed by atoms with E-state index in [1.165, 1.54) is 89.9 Å². The molecule has 5 aliphatic heterocycles. The van der Waals surface area contributed by atoms with Crippen LogP contribution in [0.1, 0.15) is 206 Å². The highest BCUT2D eigenvalue weighted by molar-refractivity contribution is 7.47. The Kier molecular flexibility index (Phi) is 46.5. The van der Waals surface area contributed by atoms with E-state index >= 15 is 0 Å². The van der Waals surface area contributed by atoms with E-state index in [-0.39, 0.29) is 12.8 Å². The number of unbranched alkanes of at least 4 members (excludes halogenated alkanes) is 25. The summed E-state index contributed by atoms with van der Waals surface area (Å²) in [5.74, 6) is -1.48. The van der Waals surface area contributed by atoms with Gasteiger partial charge in [0.25, 0.3) is 0 Å². The van der Waals surface area contributed by atoms with Crippen molar-refractivity contribution in [3.63, 3.8) is 0 Å². The minimum absolute atomic E-state index is 0.0186. The summed E-state index contributed by atoms with van der Waals surface area (Å²) in [6, 6.07) is 0. The first-order chi connectivity index (χ1) is 54.5. The standard InChI is InChI=1S/C75H135O38P/c1-3-5-7-9-11-13-15-17-19-21-23-25-27-29-31-33-48(78)100-37-42(105-49(79)34-32-30-28-26-24-22-20-18-16-14-12-10-8-6-4-2)38-104-114(98,99)113-70-68(111-74-66(96)56(86)51(81)44(36-77)107-74)61(91)60(90)62(92)69(70)112-75-67(97)59(89)54(84)47(110-75)41-103-73-65(95)58(88)53(83)46(109-73)40-102-72-64(94)57(87)52(82)45(108-72)39-101-71-63(93)55(85)50(80)43(35-76)106-71/h18,20,42-47,50-77,80-97H,3-17,19,21-41H2,1-2H3,(H,98,99)/b20-18-/t42-,43?,44?,45?,46?,47?,50+,51-,52+,53+,54+,55?,56?,57?,58?,59?,60+,61?,62?,63+,64+,65+,66-,67+,68-,69?,70+,71-,72-,73-,74-,75+/m1/s1. The van der Waals surface area contributed by atoms with Crippen LogP contribution in [0.5, 0.6) is 0 Å². The molecule has 6 fully saturated rings. The van der Waals surface area contributed by atoms with Gasteiger partial charge in [0.2, 0.25) is 0 Å². The van der Waals surface area contributed by atoms with E-state index in [1.807, 2.05) is 0 Å². The van der Waals surface area contributed by atoms with Crippen molar-refractivity contribution in [3.05, 3.63) is 12.2 Å². The van der Waals surface area contributed by atoms with Gasteiger partial charge in [0.15, 0.2) is 37.6 Å². The van der Waals surface area contributed by atoms with Crippen molar-refractivity contribution in [1.29, 1.82) is 0 Å². The van der Waals surface area contributed by atoms with Gasteiger partial charge in [-0.2, -0.15) is 0 Å². The second kappa shape index (κ2) is 52.8. The van der Waals surface area contributed by atoms with Gasteiger partial charge in [0.05, 0.1) is 39.6 Å². The van der Waals surface area contributed by atoms with Crippen LogP contribution >= 0.6 is 7.82 Å². The molecule has 0 aromatic carbocycles. The zero-order valence-corrected chi connectivity index (χ0v) is 66.5. The molecule has 33 atom stereocenters. The Morgan fingerprint density at radius 2 is 0.632 bits per heavy atom. The fraction of sp³-hybridized carbons (Fsp3) is 0.947. The number of hydrogen-bond donors (Lipinski definition) is 21. The van der Waals surface area contributed by atoms with Crippen molar-refractivity contribution < 1.29 is 187 Å². The Bertz CT molecular complexity index is 2680. The number of ether oxygens (including phenoxy) is 12. The number of rotatable bonds is 54. The van der Waals surface area contributed by atoms with E-state index in [1.54, 1.807) is 0 Å². The van der Waals surface area contributed by atoms with Crippen LogP contribution in [-0.2, 0) is 80.0 Å². The van der Waals surface area contributed by atoms with Crippen LogP contribution in [0.25, 0.3) is 0 Å². The normalized spacial score (nSPS) is 37.8. The number of esters is 2. The predicted molar refractivity (Wildman–Crippen MR) is 394 cm³/mol. The van der Waals surface area contributed by atoms with Crippen LogP contribution in [0.4, 0.5) is 0 Å². The minimum Gasteiger partial charge on any atom is -0.462 e. The minimum atomic E-state index is -5.86. The number of phosphoric acid groups is 1. The average Bonchev–Trinajstić information content (AvgIpc) is 0.757. The Hall–Kier alpha value is -2.41. The second-order valence-corrected chi connectivity index (χ2v) is 32.2. The zero-order valence-electron chi connectivity index (χ0n) is 65.6. The Balaban J connectivity index is 1.13. The summed E-state index contributed by atoms with van der Waals surface area (Å²) in [7, 11) is -5.86. The molecule has 668 valence electrons. The highest BCUT2D eigenvalue weighted by atomic mass is 31.2. The summed E-state index contributed by atoms with van der Waals surface area (Å²) in [6.07, 6.45) is -32.9. The molecule has 0 radical (unpaired) electrons. The van der Waals surface area contributed by atoms with Crippen molar-refractivity contribution in [3.8, 4) is 0 Å². The summed E-state index contributed by atoms with van der Waals surface area (Å²) in [4.78, 5) is 38.4. The molecule has 39 heteroatoms. The largest absolute Gasteiger partial charge is 0.472 e. The highest BCUT2D eigenvalue weighted by Gasteiger charge is 2.59. The maximum atomic E-state index is 14.5. The second-order valence-electron chi connectivity index (χ2n) is 30.8. The van der Waals surface area contributed by atoms with Gasteiger partial charge in [0.1, 0.15) is 165 Å². The molecular formula is C75H135O38P. The van der Waals surface area contributed by atoms with Gasteiger partial charge in [0, 0.05) is 12.8 Å². The van der Waals surface area contributed by atoms with E-state index in [2.05, 4.69) is 26.0 Å². The SMILES string of the molecule is CCCCCCCC/C=C\CCCCCCCC(=O)O[C@H](COC(=O)CCCCCCCCCCCCCCCCC)COP(=O)(O)O[C@@H]1C(O[C@@H]2OC(CO[C@@H]3OC(CO[C@@H]4OC(CO[C@@H]5OC(CO)[C@H](O)C(O)[C@@H]5O)[C@H](O)C(O)[C@@H]4O)[C@H](O)C(O)[C@@H]3O)[C@H](O)C(O)[C@@H]2O)C(O)[C@@H](O)C(O)[C@H]1O[C@H]1OC(CO)[C@@H](O)C(O)[C@H]1O. The van der Waals surface area contributed by atoms with Crippen molar-refractivity contribution in [2.45, 2.75) is 403 Å². The summed E-state index contributed by atoms with van der Waals surface area (Å²) in [5.41, 5.74) is 0. The maximum absolute atomic E-state index is 14.5. The molecule has 0 spiro atoms. The quantitative estimate of drug-likeness (QED) is 0.0138. The summed E-state index contributed by atoms with van der Waals surface area (Å²) >= 11 is 0. The van der Waals surface area contributed by atoms with Gasteiger partial charge in [-0.15, -0.1) is 0 Å². The summed E-state index contributed by atoms with van der Waals surface area (Å²) < 4.78 is 93.0. The number of aliphatic hydroxyl groups is 20. The van der Waals surface area contributed by atoms with Crippen molar-refractivity contribution >= 4 is 19.8 Å². The van der Waals surface area contributed by atoms with Crippen LogP contribution < -0.4 is 0 Å². The van der Waals surface area contributed by atoms with Crippen LogP contribution in [0.15, 0.2) is 12.2 Å². The monoisotopic (exact) mass is 1670 g/mol. The summed E-state index contributed by atoms with van der Waals surface area (Å²) in [6.45, 7) is -1.89. The molecule has 5 saturated heterocycles. The lowest BCUT2D eigenvalue weighted by atomic mass is 9.84. The molecule has 5 heterocycles. The van der Waals surface area contributed by atoms with Gasteiger partial charge in [-0.05, 0) is 38.5 Å². The van der Waals surface area contributed by atoms with E-state index in [9.17, 15) is 121 Å². The Morgan fingerprint density at radius 1 is 0.342 bits per heavy atom. The molecule has 114 heavy (non-hydrogen) atoms. The number of aliphatic hydroxyl groups excluding tert-OH is 20. The number of carbonyl (C=O) groups is 2. The number of hydrogen-bond acceptors (Lipinski definition) is 37. The van der Waals surface area contributed by atoms with Gasteiger partial charge >= 0.3 is 19.8 Å². The number of phosphoric ester groups is 1. The number of allylic oxidation sites excluding steroid dienone is 2. The smallest absolute Gasteiger partial charge is 0.462 e. The maximum Gasteiger partial charge on any atom is 0.472 e. The van der Waals surface area contributed by atoms with Crippen molar-refractivity contribution in [1.82, 2.24) is 0 Å². The molecule has 0 aromatic rings. The lowest BCUT2D eigenvalue weighted by Crippen LogP contribution is -2.69. The molecule has 14 unspecified atom stereocenters. The first kappa shape index (κ1) is 100. The van der Waals surface area contributed by atoms with Crippen LogP contribution in [0.3, 0.4) is 0 Å². The van der Waals surface area contributed by atoms with Gasteiger partial charge in [-0.1, -0.05) is 167 Å². The molecule has 38 nitrogen and oxygen atoms in total. The van der Waals surface area contributed by atoms with Gasteiger partial charge in [-0.3, -0.25) is 18.6 Å². The van der Waals surface area contributed by atoms with E-state index < -0.39 is 262 Å². The van der Waals surface area contributed by atoms with Gasteiger partial charge < -0.3 is 164 Å². The predicted octanol–water partition coefficient (Wildman–Crippen LogP) is -1.82. The third-order valence-electron chi connectivity index (χ3n) is 21.6. The first-order valence-corrected chi connectivity index (χ1v) is 42.6. The van der Waals surface area contributed by atoms with Crippen LogP contribution in [-0.4, -0.2) is 361 Å². The third kappa shape index (κ3) is 31.5. The molecule has 1 aliphatic carbocycles. The molecule has 0 bridgehead atoms. The van der Waals surface area contributed by atoms with E-state index in [4.69, 9.17) is 65.9 Å². The molecule has 0 amide bonds. The lowest BCUT2D eigenvalue weighted by Gasteiger charge is -2.49. The summed E-state index contributed by atoms with van der Waals surface area (Å²) in [5, 5.41) is 217. The van der Waals surface area contributed by atoms with Crippen LogP contribution in [0, 0.1) is 0 Å². The molecule has 6 rings (SSSR count). The van der Waals surface area contributed by atoms with E-state index in [0.29, 0.717) is 19.3 Å². The Morgan fingerprint density at radius 3 is 0.991 bits per heavy atom. The van der Waals surface area contributed by atoms with E-state index in [0.717, 1.165) is 70.6 Å². The molecule has 1 saturated carbocycles. The molecule has 6 aliphatic rings. The first-order valence-electron chi connectivity index (χ1n) is 41.1. The third-order valence-corrected chi connectivity index (χ3v) is 22.6. The molecular weight excluding hydrogens is 1540 g/mol. The fourth-order valence-corrected chi connectivity index (χ4v) is 15.3. The lowest BCUT2D eigenvalue weighted by molar-refractivity contribution is -0.365. The molecule has 21 N–H and O–H groups in total. The number of carbonyl (C=O) groups excluding carboxylic acids is 2. The van der Waals surface area contributed by atoms with Crippen molar-refractivity contribution in [2.24, 2.45) is 0 Å². The van der Waals surface area contributed by atoms with Gasteiger partial charge in [-0.25, -0.2) is 4.57 Å².